The van der Waals surface area contributed by atoms with Crippen LogP contribution in [0.5, 0.6) is 0 Å². The second-order valence-electron chi connectivity index (χ2n) is 2.66. The van der Waals surface area contributed by atoms with Gasteiger partial charge < -0.3 is 0 Å². The minimum absolute atomic E-state index is 0.152. The Morgan fingerprint density at radius 2 is 2.23 bits per heavy atom. The summed E-state index contributed by atoms with van der Waals surface area (Å²) in [7, 11) is 0. The van der Waals surface area contributed by atoms with E-state index in [0.29, 0.717) is 12.8 Å². The van der Waals surface area contributed by atoms with Crippen LogP contribution in [0, 0.1) is 17.7 Å². The average Bonchev–Trinajstić information content (AvgIpc) is 2.11. The van der Waals surface area contributed by atoms with Gasteiger partial charge in [-0.15, -0.1) is 11.8 Å². The van der Waals surface area contributed by atoms with Crippen molar-refractivity contribution < 1.29 is 4.39 Å². The first-order valence-corrected chi connectivity index (χ1v) is 4.87. The van der Waals surface area contributed by atoms with Crippen molar-refractivity contribution in [2.45, 2.75) is 19.8 Å². The smallest absolute Gasteiger partial charge is 0.126 e. The number of hydrogen-bond acceptors (Lipinski definition) is 0. The Balaban J connectivity index is 2.73. The molecule has 0 saturated carbocycles. The van der Waals surface area contributed by atoms with Crippen molar-refractivity contribution in [3.05, 3.63) is 34.1 Å². The van der Waals surface area contributed by atoms with Crippen molar-refractivity contribution in [3.8, 4) is 11.8 Å². The maximum atomic E-state index is 13.1. The van der Waals surface area contributed by atoms with E-state index in [9.17, 15) is 4.39 Å². The zero-order valence-corrected chi connectivity index (χ0v) is 8.99. The summed E-state index contributed by atoms with van der Waals surface area (Å²) < 4.78 is 14.0. The lowest BCUT2D eigenvalue weighted by Crippen LogP contribution is -1.89. The molecule has 1 aromatic rings. The highest BCUT2D eigenvalue weighted by atomic mass is 79.9. The molecule has 0 nitrogen and oxygen atoms in total. The molecule has 0 fully saturated rings. The van der Waals surface area contributed by atoms with Gasteiger partial charge in [-0.2, -0.15) is 0 Å². The minimum Gasteiger partial charge on any atom is -0.207 e. The van der Waals surface area contributed by atoms with E-state index in [0.717, 1.165) is 10.0 Å². The van der Waals surface area contributed by atoms with Crippen LogP contribution in [-0.4, -0.2) is 0 Å². The van der Waals surface area contributed by atoms with Crippen LogP contribution in [0.2, 0.25) is 0 Å². The lowest BCUT2D eigenvalue weighted by molar-refractivity contribution is 0.609. The van der Waals surface area contributed by atoms with Gasteiger partial charge in [0.2, 0.25) is 0 Å². The largest absolute Gasteiger partial charge is 0.207 e. The van der Waals surface area contributed by atoms with E-state index in [1.54, 1.807) is 19.1 Å². The second-order valence-corrected chi connectivity index (χ2v) is 3.58. The quantitative estimate of drug-likeness (QED) is 0.694. The highest BCUT2D eigenvalue weighted by Gasteiger charge is 2.00. The van der Waals surface area contributed by atoms with E-state index in [4.69, 9.17) is 0 Å². The Labute approximate surface area is 86.3 Å². The Bertz CT molecular complexity index is 347. The predicted molar refractivity (Wildman–Crippen MR) is 55.9 cm³/mol. The predicted octanol–water partition coefficient (Wildman–Crippen LogP) is 3.54. The Hall–Kier alpha value is -0.810. The molecule has 0 aromatic heterocycles. The first-order valence-electron chi connectivity index (χ1n) is 4.07. The molecular weight excluding hydrogens is 231 g/mol. The first-order chi connectivity index (χ1) is 6.24. The maximum Gasteiger partial charge on any atom is 0.126 e. The summed E-state index contributed by atoms with van der Waals surface area (Å²) >= 11 is 3.30. The van der Waals surface area contributed by atoms with Crippen LogP contribution in [0.4, 0.5) is 4.39 Å². The molecule has 0 aliphatic carbocycles. The standard InChI is InChI=1S/C11H10BrF/c1-2-3-4-5-9-8-10(12)6-7-11(9)13/h6-8H,4-5H2,1H3. The first kappa shape index (κ1) is 10.3. The van der Waals surface area contributed by atoms with E-state index in [2.05, 4.69) is 27.8 Å². The molecule has 2 heteroatoms. The van der Waals surface area contributed by atoms with E-state index in [-0.39, 0.29) is 5.82 Å². The fourth-order valence-electron chi connectivity index (χ4n) is 1.06. The van der Waals surface area contributed by atoms with Crippen molar-refractivity contribution in [1.82, 2.24) is 0 Å². The van der Waals surface area contributed by atoms with Crippen LogP contribution in [-0.2, 0) is 6.42 Å². The normalized spacial score (nSPS) is 9.15. The Morgan fingerprint density at radius 1 is 1.46 bits per heavy atom. The van der Waals surface area contributed by atoms with Gasteiger partial charge in [-0.25, -0.2) is 4.39 Å². The topological polar surface area (TPSA) is 0 Å². The summed E-state index contributed by atoms with van der Waals surface area (Å²) in [6.45, 7) is 1.79. The zero-order chi connectivity index (χ0) is 9.68. The SMILES string of the molecule is CC#CCCc1cc(Br)ccc1F. The van der Waals surface area contributed by atoms with Crippen molar-refractivity contribution in [3.63, 3.8) is 0 Å². The molecule has 0 radical (unpaired) electrons. The average molecular weight is 241 g/mol. The van der Waals surface area contributed by atoms with Gasteiger partial charge in [0, 0.05) is 10.9 Å². The maximum absolute atomic E-state index is 13.1. The third kappa shape index (κ3) is 3.20. The van der Waals surface area contributed by atoms with Gasteiger partial charge in [-0.1, -0.05) is 15.9 Å². The van der Waals surface area contributed by atoms with Crippen LogP contribution < -0.4 is 0 Å². The summed E-state index contributed by atoms with van der Waals surface area (Å²) in [5, 5.41) is 0. The van der Waals surface area contributed by atoms with Crippen LogP contribution >= 0.6 is 15.9 Å². The lowest BCUT2D eigenvalue weighted by atomic mass is 10.1. The van der Waals surface area contributed by atoms with Crippen LogP contribution in [0.3, 0.4) is 0 Å². The monoisotopic (exact) mass is 240 g/mol. The molecule has 0 heterocycles. The van der Waals surface area contributed by atoms with Gasteiger partial charge in [0.05, 0.1) is 0 Å². The van der Waals surface area contributed by atoms with E-state index in [1.165, 1.54) is 6.07 Å². The molecule has 0 amide bonds. The van der Waals surface area contributed by atoms with E-state index >= 15 is 0 Å². The fourth-order valence-corrected chi connectivity index (χ4v) is 1.47. The van der Waals surface area contributed by atoms with Gasteiger partial charge in [-0.3, -0.25) is 0 Å². The van der Waals surface area contributed by atoms with Crippen LogP contribution in [0.25, 0.3) is 0 Å². The number of hydrogen-bond donors (Lipinski definition) is 0. The summed E-state index contributed by atoms with van der Waals surface area (Å²) in [6.07, 6.45) is 1.38. The second kappa shape index (κ2) is 5.04. The molecule has 0 saturated heterocycles. The number of rotatable bonds is 2. The molecule has 0 spiro atoms. The molecule has 0 atom stereocenters. The number of benzene rings is 1. The minimum atomic E-state index is -0.152. The third-order valence-electron chi connectivity index (χ3n) is 1.70. The van der Waals surface area contributed by atoms with Gasteiger partial charge in [-0.05, 0) is 37.1 Å². The van der Waals surface area contributed by atoms with Crippen molar-refractivity contribution in [1.29, 1.82) is 0 Å². The Morgan fingerprint density at radius 3 is 2.92 bits per heavy atom. The van der Waals surface area contributed by atoms with Crippen molar-refractivity contribution in [2.75, 3.05) is 0 Å². The molecule has 0 aliphatic rings. The highest BCUT2D eigenvalue weighted by molar-refractivity contribution is 9.10. The number of aryl methyl sites for hydroxylation is 1. The van der Waals surface area contributed by atoms with Gasteiger partial charge in [0.15, 0.2) is 0 Å². The van der Waals surface area contributed by atoms with Crippen molar-refractivity contribution in [2.24, 2.45) is 0 Å². The summed E-state index contributed by atoms with van der Waals surface area (Å²) in [4.78, 5) is 0. The van der Waals surface area contributed by atoms with Gasteiger partial charge in [0.25, 0.3) is 0 Å². The van der Waals surface area contributed by atoms with Crippen LogP contribution in [0.15, 0.2) is 22.7 Å². The molecular formula is C11H10BrF. The zero-order valence-electron chi connectivity index (χ0n) is 7.40. The number of halogens is 2. The summed E-state index contributed by atoms with van der Waals surface area (Å²) in [5.74, 6) is 5.55. The summed E-state index contributed by atoms with van der Waals surface area (Å²) in [6, 6.07) is 4.97. The molecule has 1 aromatic carbocycles. The lowest BCUT2D eigenvalue weighted by Gasteiger charge is -2.00. The van der Waals surface area contributed by atoms with E-state index in [1.807, 2.05) is 0 Å². The summed E-state index contributed by atoms with van der Waals surface area (Å²) in [5.41, 5.74) is 0.720. The Kier molecular flexibility index (Phi) is 3.98. The van der Waals surface area contributed by atoms with E-state index < -0.39 is 0 Å². The van der Waals surface area contributed by atoms with Gasteiger partial charge >= 0.3 is 0 Å². The molecule has 0 bridgehead atoms. The molecule has 0 unspecified atom stereocenters. The molecule has 0 aliphatic heterocycles. The van der Waals surface area contributed by atoms with Crippen LogP contribution in [0.1, 0.15) is 18.9 Å². The molecule has 1 rings (SSSR count). The van der Waals surface area contributed by atoms with Gasteiger partial charge in [0.1, 0.15) is 5.82 Å². The molecule has 68 valence electrons. The molecule has 0 N–H and O–H groups in total. The fraction of sp³-hybridized carbons (Fsp3) is 0.273. The highest BCUT2D eigenvalue weighted by Crippen LogP contribution is 2.16. The molecule has 13 heavy (non-hydrogen) atoms. The third-order valence-corrected chi connectivity index (χ3v) is 2.20. The van der Waals surface area contributed by atoms with Crippen molar-refractivity contribution >= 4 is 15.9 Å².